The molecule has 66 valence electrons. The predicted molar refractivity (Wildman–Crippen MR) is 48.9 cm³/mol. The number of nitrogens with one attached hydrogen (secondary N) is 1. The summed E-state index contributed by atoms with van der Waals surface area (Å²) in [5, 5.41) is 2.63. The van der Waals surface area contributed by atoms with Crippen LogP contribution in [-0.2, 0) is 0 Å². The van der Waals surface area contributed by atoms with Gasteiger partial charge in [0.15, 0.2) is 0 Å². The van der Waals surface area contributed by atoms with Crippen molar-refractivity contribution in [1.82, 2.24) is 14.8 Å². The lowest BCUT2D eigenvalue weighted by Crippen LogP contribution is -2.03. The van der Waals surface area contributed by atoms with Gasteiger partial charge in [0.05, 0.1) is 11.9 Å². The lowest BCUT2D eigenvalue weighted by atomic mass is 10.3. The molecule has 0 bridgehead atoms. The number of aromatic amines is 1. The molecule has 0 aliphatic rings. The largest absolute Gasteiger partial charge is 0.268 e. The van der Waals surface area contributed by atoms with Crippen LogP contribution in [0.3, 0.4) is 0 Å². The van der Waals surface area contributed by atoms with E-state index in [1.165, 1.54) is 6.07 Å². The van der Waals surface area contributed by atoms with Crippen molar-refractivity contribution >= 4 is 0 Å². The maximum Gasteiger partial charge on any atom is 0.264 e. The van der Waals surface area contributed by atoms with Gasteiger partial charge in [-0.15, -0.1) is 0 Å². The van der Waals surface area contributed by atoms with Gasteiger partial charge in [-0.1, -0.05) is 0 Å². The third kappa shape index (κ3) is 1.51. The number of hydrogen-bond donors (Lipinski definition) is 1. The standard InChI is InChI=1S/C9H9N3O/c1-7-2-3-8(6-10-7)12-5-4-9(13)11-12/h2-6H,1H3,(H,11,13). The van der Waals surface area contributed by atoms with Crippen LogP contribution in [0.25, 0.3) is 5.69 Å². The van der Waals surface area contributed by atoms with E-state index >= 15 is 0 Å². The average molecular weight is 175 g/mol. The quantitative estimate of drug-likeness (QED) is 0.699. The Kier molecular flexibility index (Phi) is 1.73. The Morgan fingerprint density at radius 2 is 2.23 bits per heavy atom. The van der Waals surface area contributed by atoms with Crippen molar-refractivity contribution in [3.8, 4) is 5.69 Å². The summed E-state index contributed by atoms with van der Waals surface area (Å²) in [5.41, 5.74) is 1.70. The van der Waals surface area contributed by atoms with Crippen molar-refractivity contribution in [2.45, 2.75) is 6.92 Å². The third-order valence-corrected chi connectivity index (χ3v) is 1.78. The summed E-state index contributed by atoms with van der Waals surface area (Å²) < 4.78 is 1.63. The molecule has 0 saturated carbocycles. The third-order valence-electron chi connectivity index (χ3n) is 1.78. The van der Waals surface area contributed by atoms with Crippen LogP contribution in [0.15, 0.2) is 35.4 Å². The first-order chi connectivity index (χ1) is 6.25. The van der Waals surface area contributed by atoms with Crippen LogP contribution in [0, 0.1) is 6.92 Å². The van der Waals surface area contributed by atoms with E-state index in [4.69, 9.17) is 0 Å². The van der Waals surface area contributed by atoms with Gasteiger partial charge in [0.2, 0.25) is 0 Å². The van der Waals surface area contributed by atoms with Gasteiger partial charge < -0.3 is 0 Å². The maximum absolute atomic E-state index is 10.8. The lowest BCUT2D eigenvalue weighted by Gasteiger charge is -2.00. The van der Waals surface area contributed by atoms with E-state index < -0.39 is 0 Å². The number of rotatable bonds is 1. The van der Waals surface area contributed by atoms with Crippen molar-refractivity contribution in [2.75, 3.05) is 0 Å². The Balaban J connectivity index is 2.47. The minimum atomic E-state index is -0.111. The number of H-pyrrole nitrogens is 1. The summed E-state index contributed by atoms with van der Waals surface area (Å²) >= 11 is 0. The molecule has 0 aromatic carbocycles. The molecule has 0 aliphatic carbocycles. The fourth-order valence-corrected chi connectivity index (χ4v) is 1.09. The Bertz CT molecular complexity index is 452. The molecule has 0 atom stereocenters. The molecule has 0 spiro atoms. The van der Waals surface area contributed by atoms with Crippen molar-refractivity contribution in [2.24, 2.45) is 0 Å². The fraction of sp³-hybridized carbons (Fsp3) is 0.111. The molecule has 2 aromatic heterocycles. The summed E-state index contributed by atoms with van der Waals surface area (Å²) in [5.74, 6) is 0. The van der Waals surface area contributed by atoms with Crippen molar-refractivity contribution in [1.29, 1.82) is 0 Å². The van der Waals surface area contributed by atoms with Crippen LogP contribution < -0.4 is 5.56 Å². The monoisotopic (exact) mass is 175 g/mol. The summed E-state index contributed by atoms with van der Waals surface area (Å²) in [4.78, 5) is 15.0. The molecule has 2 heterocycles. The highest BCUT2D eigenvalue weighted by Crippen LogP contribution is 2.02. The minimum Gasteiger partial charge on any atom is -0.268 e. The predicted octanol–water partition coefficient (Wildman–Crippen LogP) is 0.869. The van der Waals surface area contributed by atoms with Crippen LogP contribution in [0.4, 0.5) is 0 Å². The maximum atomic E-state index is 10.8. The lowest BCUT2D eigenvalue weighted by molar-refractivity contribution is 0.856. The summed E-state index contributed by atoms with van der Waals surface area (Å²) in [7, 11) is 0. The molecule has 0 amide bonds. The van der Waals surface area contributed by atoms with Crippen LogP contribution in [-0.4, -0.2) is 14.8 Å². The molecule has 0 fully saturated rings. The first kappa shape index (κ1) is 7.79. The Morgan fingerprint density at radius 3 is 2.77 bits per heavy atom. The van der Waals surface area contributed by atoms with E-state index in [2.05, 4.69) is 10.1 Å². The Hall–Kier alpha value is -1.84. The highest BCUT2D eigenvalue weighted by molar-refractivity contribution is 5.27. The number of nitrogens with zero attached hydrogens (tertiary/aromatic N) is 2. The van der Waals surface area contributed by atoms with Gasteiger partial charge in [-0.05, 0) is 19.1 Å². The van der Waals surface area contributed by atoms with Crippen LogP contribution in [0.2, 0.25) is 0 Å². The van der Waals surface area contributed by atoms with Crippen molar-refractivity contribution in [3.05, 3.63) is 46.6 Å². The first-order valence-electron chi connectivity index (χ1n) is 3.96. The van der Waals surface area contributed by atoms with Gasteiger partial charge in [0, 0.05) is 18.0 Å². The molecular formula is C9H9N3O. The second kappa shape index (κ2) is 2.90. The first-order valence-corrected chi connectivity index (χ1v) is 3.96. The summed E-state index contributed by atoms with van der Waals surface area (Å²) in [6.45, 7) is 1.92. The molecule has 0 radical (unpaired) electrons. The number of aryl methyl sites for hydroxylation is 1. The van der Waals surface area contributed by atoms with Gasteiger partial charge in [-0.2, -0.15) is 0 Å². The number of pyridine rings is 1. The summed E-state index contributed by atoms with van der Waals surface area (Å²) in [6.07, 6.45) is 3.39. The highest BCUT2D eigenvalue weighted by Gasteiger charge is 1.95. The zero-order chi connectivity index (χ0) is 9.26. The van der Waals surface area contributed by atoms with E-state index in [0.29, 0.717) is 0 Å². The Labute approximate surface area is 74.8 Å². The average Bonchev–Trinajstić information content (AvgIpc) is 2.53. The SMILES string of the molecule is Cc1ccc(-n2ccc(=O)[nH]2)cn1. The van der Waals surface area contributed by atoms with Crippen LogP contribution >= 0.6 is 0 Å². The smallest absolute Gasteiger partial charge is 0.264 e. The second-order valence-electron chi connectivity index (χ2n) is 2.82. The van der Waals surface area contributed by atoms with Gasteiger partial charge in [-0.25, -0.2) is 0 Å². The van der Waals surface area contributed by atoms with Crippen molar-refractivity contribution in [3.63, 3.8) is 0 Å². The number of aromatic nitrogens is 3. The number of hydrogen-bond acceptors (Lipinski definition) is 2. The molecule has 0 aliphatic heterocycles. The second-order valence-corrected chi connectivity index (χ2v) is 2.82. The van der Waals surface area contributed by atoms with Crippen LogP contribution in [0.1, 0.15) is 5.69 Å². The normalized spacial score (nSPS) is 10.2. The molecule has 2 rings (SSSR count). The molecule has 2 aromatic rings. The van der Waals surface area contributed by atoms with Gasteiger partial charge >= 0.3 is 0 Å². The molecular weight excluding hydrogens is 166 g/mol. The molecule has 0 saturated heterocycles. The molecule has 0 unspecified atom stereocenters. The van der Waals surface area contributed by atoms with Gasteiger partial charge in [0.25, 0.3) is 5.56 Å². The van der Waals surface area contributed by atoms with Gasteiger partial charge in [-0.3, -0.25) is 19.6 Å². The molecule has 1 N–H and O–H groups in total. The van der Waals surface area contributed by atoms with E-state index in [0.717, 1.165) is 11.4 Å². The van der Waals surface area contributed by atoms with E-state index in [-0.39, 0.29) is 5.56 Å². The van der Waals surface area contributed by atoms with E-state index in [9.17, 15) is 4.79 Å². The van der Waals surface area contributed by atoms with Crippen molar-refractivity contribution < 1.29 is 0 Å². The fourth-order valence-electron chi connectivity index (χ4n) is 1.09. The Morgan fingerprint density at radius 1 is 1.38 bits per heavy atom. The molecule has 13 heavy (non-hydrogen) atoms. The molecule has 4 heteroatoms. The van der Waals surface area contributed by atoms with E-state index in [1.54, 1.807) is 17.1 Å². The van der Waals surface area contributed by atoms with E-state index in [1.807, 2.05) is 19.1 Å². The van der Waals surface area contributed by atoms with Gasteiger partial charge in [0.1, 0.15) is 0 Å². The highest BCUT2D eigenvalue weighted by atomic mass is 16.1. The topological polar surface area (TPSA) is 50.7 Å². The zero-order valence-electron chi connectivity index (χ0n) is 7.19. The summed E-state index contributed by atoms with van der Waals surface area (Å²) in [6, 6.07) is 5.27. The minimum absolute atomic E-state index is 0.111. The molecule has 4 nitrogen and oxygen atoms in total. The van der Waals surface area contributed by atoms with Crippen LogP contribution in [0.5, 0.6) is 0 Å². The zero-order valence-corrected chi connectivity index (χ0v) is 7.19.